The van der Waals surface area contributed by atoms with Crippen molar-refractivity contribution in [1.29, 1.82) is 0 Å². The Labute approximate surface area is 207 Å². The SMILES string of the molecule is COC1(COc2cccc(Cl)c2)CCN(Cc2cccc(OCCn3nc(C)cc3C)c2)CC1. The largest absolute Gasteiger partial charge is 0.492 e. The number of aryl methyl sites for hydroxylation is 2. The molecule has 1 fully saturated rings. The maximum atomic E-state index is 6.07. The average Bonchev–Trinajstić information content (AvgIpc) is 3.16. The van der Waals surface area contributed by atoms with Crippen molar-refractivity contribution in [3.8, 4) is 11.5 Å². The highest BCUT2D eigenvalue weighted by atomic mass is 35.5. The average molecular weight is 484 g/mol. The summed E-state index contributed by atoms with van der Waals surface area (Å²) in [7, 11) is 1.78. The molecular weight excluding hydrogens is 450 g/mol. The van der Waals surface area contributed by atoms with Gasteiger partial charge in [0.25, 0.3) is 0 Å². The van der Waals surface area contributed by atoms with Crippen molar-refractivity contribution in [3.05, 3.63) is 76.6 Å². The quantitative estimate of drug-likeness (QED) is 0.392. The zero-order valence-electron chi connectivity index (χ0n) is 20.3. The molecule has 0 spiro atoms. The highest BCUT2D eigenvalue weighted by Crippen LogP contribution is 2.29. The Bertz CT molecular complexity index is 1080. The Morgan fingerprint density at radius 1 is 0.971 bits per heavy atom. The summed E-state index contributed by atoms with van der Waals surface area (Å²) in [6.07, 6.45) is 1.84. The van der Waals surface area contributed by atoms with Crippen LogP contribution in [-0.4, -0.2) is 53.7 Å². The maximum absolute atomic E-state index is 6.07. The van der Waals surface area contributed by atoms with Gasteiger partial charge in [0, 0.05) is 37.5 Å². The summed E-state index contributed by atoms with van der Waals surface area (Å²) in [5.41, 5.74) is 3.18. The Morgan fingerprint density at radius 3 is 2.38 bits per heavy atom. The van der Waals surface area contributed by atoms with E-state index in [1.165, 1.54) is 5.56 Å². The summed E-state index contributed by atoms with van der Waals surface area (Å²) >= 11 is 6.07. The minimum atomic E-state index is -0.271. The molecule has 0 radical (unpaired) electrons. The second-order valence-corrected chi connectivity index (χ2v) is 9.49. The molecule has 0 N–H and O–H groups in total. The van der Waals surface area contributed by atoms with Crippen LogP contribution in [0.4, 0.5) is 0 Å². The summed E-state index contributed by atoms with van der Waals surface area (Å²) < 4.78 is 19.9. The smallest absolute Gasteiger partial charge is 0.120 e. The van der Waals surface area contributed by atoms with E-state index in [-0.39, 0.29) is 5.60 Å². The van der Waals surface area contributed by atoms with E-state index in [0.29, 0.717) is 18.2 Å². The van der Waals surface area contributed by atoms with Crippen LogP contribution in [0, 0.1) is 13.8 Å². The number of aromatic nitrogens is 2. The minimum absolute atomic E-state index is 0.271. The molecule has 1 saturated heterocycles. The van der Waals surface area contributed by atoms with Crippen molar-refractivity contribution in [2.24, 2.45) is 0 Å². The molecule has 2 heterocycles. The number of piperidine rings is 1. The second kappa shape index (κ2) is 11.3. The lowest BCUT2D eigenvalue weighted by atomic mass is 9.91. The molecule has 0 bridgehead atoms. The molecule has 1 aromatic heterocycles. The van der Waals surface area contributed by atoms with E-state index in [1.807, 2.05) is 41.9 Å². The maximum Gasteiger partial charge on any atom is 0.120 e. The van der Waals surface area contributed by atoms with Gasteiger partial charge in [-0.25, -0.2) is 0 Å². The zero-order chi connectivity index (χ0) is 24.0. The third-order valence-electron chi connectivity index (χ3n) is 6.48. The Hall–Kier alpha value is -2.54. The lowest BCUT2D eigenvalue weighted by Crippen LogP contribution is -2.48. The van der Waals surface area contributed by atoms with Gasteiger partial charge in [0.05, 0.1) is 12.2 Å². The molecule has 7 heteroatoms. The van der Waals surface area contributed by atoms with Gasteiger partial charge in [0.1, 0.15) is 30.3 Å². The molecule has 0 unspecified atom stereocenters. The topological polar surface area (TPSA) is 48.8 Å². The van der Waals surface area contributed by atoms with Crippen molar-refractivity contribution in [1.82, 2.24) is 14.7 Å². The fraction of sp³-hybridized carbons (Fsp3) is 0.444. The van der Waals surface area contributed by atoms with Gasteiger partial charge in [-0.05, 0) is 68.7 Å². The number of nitrogens with zero attached hydrogens (tertiary/aromatic N) is 3. The number of halogens is 1. The normalized spacial score (nSPS) is 15.9. The highest BCUT2D eigenvalue weighted by Gasteiger charge is 2.35. The molecule has 1 aliphatic rings. The lowest BCUT2D eigenvalue weighted by Gasteiger charge is -2.40. The first-order valence-electron chi connectivity index (χ1n) is 11.8. The van der Waals surface area contributed by atoms with E-state index in [4.69, 9.17) is 25.8 Å². The van der Waals surface area contributed by atoms with Crippen LogP contribution in [0.5, 0.6) is 11.5 Å². The van der Waals surface area contributed by atoms with Gasteiger partial charge in [0.2, 0.25) is 0 Å². The predicted octanol–water partition coefficient (Wildman–Crippen LogP) is 5.29. The number of likely N-dealkylation sites (tertiary alicyclic amines) is 1. The van der Waals surface area contributed by atoms with Gasteiger partial charge in [-0.1, -0.05) is 29.8 Å². The molecule has 0 amide bonds. The predicted molar refractivity (Wildman–Crippen MR) is 135 cm³/mol. The standard InChI is InChI=1S/C27H34ClN3O3/c1-21-16-22(2)31(29-21)14-15-33-25-8-4-6-23(17-25)19-30-12-10-27(32-3,11-13-30)20-34-26-9-5-7-24(28)18-26/h4-9,16-18H,10-15,19-20H2,1-3H3. The fourth-order valence-electron chi connectivity index (χ4n) is 4.44. The van der Waals surface area contributed by atoms with Crippen LogP contribution in [-0.2, 0) is 17.8 Å². The first-order valence-corrected chi connectivity index (χ1v) is 12.2. The summed E-state index contributed by atoms with van der Waals surface area (Å²) in [4.78, 5) is 2.46. The first-order chi connectivity index (χ1) is 16.4. The van der Waals surface area contributed by atoms with Crippen molar-refractivity contribution in [2.75, 3.05) is 33.4 Å². The molecule has 34 heavy (non-hydrogen) atoms. The number of rotatable bonds is 10. The molecular formula is C27H34ClN3O3. The van der Waals surface area contributed by atoms with E-state index in [9.17, 15) is 0 Å². The number of ether oxygens (including phenoxy) is 3. The van der Waals surface area contributed by atoms with Crippen molar-refractivity contribution >= 4 is 11.6 Å². The zero-order valence-corrected chi connectivity index (χ0v) is 21.1. The van der Waals surface area contributed by atoms with E-state index in [0.717, 1.165) is 61.9 Å². The number of methoxy groups -OCH3 is 1. The summed E-state index contributed by atoms with van der Waals surface area (Å²) in [6.45, 7) is 8.74. The van der Waals surface area contributed by atoms with Crippen LogP contribution in [0.25, 0.3) is 0 Å². The molecule has 182 valence electrons. The van der Waals surface area contributed by atoms with Crippen molar-refractivity contribution < 1.29 is 14.2 Å². The van der Waals surface area contributed by atoms with Gasteiger partial charge >= 0.3 is 0 Å². The molecule has 0 saturated carbocycles. The monoisotopic (exact) mass is 483 g/mol. The highest BCUT2D eigenvalue weighted by molar-refractivity contribution is 6.30. The molecule has 1 aliphatic heterocycles. The first kappa shape index (κ1) is 24.6. The van der Waals surface area contributed by atoms with E-state index in [1.54, 1.807) is 7.11 Å². The lowest BCUT2D eigenvalue weighted by molar-refractivity contribution is -0.0839. The van der Waals surface area contributed by atoms with E-state index >= 15 is 0 Å². The summed E-state index contributed by atoms with van der Waals surface area (Å²) in [5, 5.41) is 5.17. The number of hydrogen-bond acceptors (Lipinski definition) is 5. The molecule has 4 rings (SSSR count). The molecule has 0 aliphatic carbocycles. The van der Waals surface area contributed by atoms with Gasteiger partial charge < -0.3 is 14.2 Å². The fourth-order valence-corrected chi connectivity index (χ4v) is 4.62. The van der Waals surface area contributed by atoms with E-state index < -0.39 is 0 Å². The van der Waals surface area contributed by atoms with Gasteiger partial charge in [-0.3, -0.25) is 9.58 Å². The van der Waals surface area contributed by atoms with Crippen LogP contribution in [0.1, 0.15) is 29.8 Å². The Balaban J connectivity index is 1.25. The number of hydrogen-bond donors (Lipinski definition) is 0. The molecule has 3 aromatic rings. The molecule has 6 nitrogen and oxygen atoms in total. The summed E-state index contributed by atoms with van der Waals surface area (Å²) in [5.74, 6) is 1.68. The second-order valence-electron chi connectivity index (χ2n) is 9.06. The van der Waals surface area contributed by atoms with Crippen LogP contribution in [0.2, 0.25) is 5.02 Å². The minimum Gasteiger partial charge on any atom is -0.492 e. The van der Waals surface area contributed by atoms with Crippen molar-refractivity contribution in [3.63, 3.8) is 0 Å². The molecule has 2 aromatic carbocycles. The van der Waals surface area contributed by atoms with Gasteiger partial charge in [-0.15, -0.1) is 0 Å². The van der Waals surface area contributed by atoms with Crippen LogP contribution >= 0.6 is 11.6 Å². The molecule has 0 atom stereocenters. The Morgan fingerprint density at radius 2 is 1.71 bits per heavy atom. The van der Waals surface area contributed by atoms with Crippen LogP contribution in [0.15, 0.2) is 54.6 Å². The van der Waals surface area contributed by atoms with Crippen LogP contribution in [0.3, 0.4) is 0 Å². The number of benzene rings is 2. The summed E-state index contributed by atoms with van der Waals surface area (Å²) in [6, 6.07) is 18.0. The van der Waals surface area contributed by atoms with Gasteiger partial charge in [0.15, 0.2) is 0 Å². The van der Waals surface area contributed by atoms with Crippen LogP contribution < -0.4 is 9.47 Å². The third-order valence-corrected chi connectivity index (χ3v) is 6.71. The van der Waals surface area contributed by atoms with E-state index in [2.05, 4.69) is 41.2 Å². The third kappa shape index (κ3) is 6.53. The Kier molecular flexibility index (Phi) is 8.14. The van der Waals surface area contributed by atoms with Gasteiger partial charge in [-0.2, -0.15) is 5.10 Å². The van der Waals surface area contributed by atoms with Crippen molar-refractivity contribution in [2.45, 2.75) is 45.4 Å².